The van der Waals surface area contributed by atoms with Gasteiger partial charge < -0.3 is 0 Å². The Balaban J connectivity index is 0.000000815. The summed E-state index contributed by atoms with van der Waals surface area (Å²) in [5.74, 6) is 0. The van der Waals surface area contributed by atoms with Gasteiger partial charge in [-0.1, -0.05) is 253 Å². The first-order chi connectivity index (χ1) is 24.3. The molecular formula is C50H66. The molecule has 0 aromatic heterocycles. The van der Waals surface area contributed by atoms with Crippen molar-refractivity contribution >= 4 is 0 Å². The third-order valence-electron chi connectivity index (χ3n) is 7.46. The molecule has 0 heterocycles. The second-order valence-electron chi connectivity index (χ2n) is 10.4. The van der Waals surface area contributed by atoms with Gasteiger partial charge in [0.15, 0.2) is 0 Å². The van der Waals surface area contributed by atoms with Gasteiger partial charge in [0, 0.05) is 0 Å². The molecule has 6 aromatic rings. The lowest BCUT2D eigenvalue weighted by atomic mass is 9.68. The van der Waals surface area contributed by atoms with Crippen LogP contribution in [0.15, 0.2) is 170 Å². The van der Waals surface area contributed by atoms with E-state index in [0.29, 0.717) is 0 Å². The minimum atomic E-state index is -0.254. The van der Waals surface area contributed by atoms with E-state index < -0.39 is 0 Å². The lowest BCUT2D eigenvalue weighted by molar-refractivity contribution is 0.768. The Labute approximate surface area is 308 Å². The monoisotopic (exact) mass is 667 g/mol. The Hall–Kier alpha value is -4.68. The number of hydrogen-bond donors (Lipinski definition) is 0. The maximum Gasteiger partial charge on any atom is 0.0713 e. The van der Waals surface area contributed by atoms with Gasteiger partial charge in [0.25, 0.3) is 0 Å². The maximum atomic E-state index is 2.29. The van der Waals surface area contributed by atoms with Crippen molar-refractivity contribution in [3.8, 4) is 11.1 Å². The first-order valence-electron chi connectivity index (χ1n) is 18.7. The van der Waals surface area contributed by atoms with Gasteiger partial charge in [0.2, 0.25) is 0 Å². The molecule has 0 spiro atoms. The van der Waals surface area contributed by atoms with Gasteiger partial charge in [-0.2, -0.15) is 0 Å². The van der Waals surface area contributed by atoms with Crippen molar-refractivity contribution in [1.29, 1.82) is 0 Å². The van der Waals surface area contributed by atoms with Crippen LogP contribution in [0.2, 0.25) is 0 Å². The average Bonchev–Trinajstić information content (AvgIpc) is 3.51. The molecule has 0 heteroatoms. The lowest BCUT2D eigenvalue weighted by Crippen LogP contribution is -2.28. The van der Waals surface area contributed by atoms with Gasteiger partial charge in [-0.3, -0.25) is 0 Å². The molecule has 1 aliphatic rings. The van der Waals surface area contributed by atoms with E-state index in [4.69, 9.17) is 0 Å². The molecule has 0 saturated carbocycles. The Morgan fingerprint density at radius 2 is 0.580 bits per heavy atom. The quantitative estimate of drug-likeness (QED) is 0.175. The molecule has 0 aliphatic heterocycles. The number of benzene rings is 6. The van der Waals surface area contributed by atoms with Crippen molar-refractivity contribution in [1.82, 2.24) is 0 Å². The van der Waals surface area contributed by atoms with Crippen molar-refractivity contribution in [2.24, 2.45) is 0 Å². The molecule has 1 aliphatic carbocycles. The molecule has 6 aromatic carbocycles. The zero-order valence-electron chi connectivity index (χ0n) is 32.1. The van der Waals surface area contributed by atoms with Crippen LogP contribution in [0.4, 0.5) is 0 Å². The van der Waals surface area contributed by atoms with Gasteiger partial charge in [-0.25, -0.2) is 0 Å². The standard InChI is InChI=1S/C25H18.C13H12.C3H8.4C2H6.CH4/c1-3-11-19(12-4-1)25(20-13-5-2-6-14-20)23-17-9-7-15-21(23)22-16-8-10-18-24(22)25;1-3-7-12(8-4-1)11-13-9-5-2-6-10-13;1-3-2;4*1-2;/h1-18H;1-10H,11H2;3H2,1-2H3;4*1-2H3;1H4. The summed E-state index contributed by atoms with van der Waals surface area (Å²) in [6.07, 6.45) is 2.28. The first kappa shape index (κ1) is 45.3. The second-order valence-corrected chi connectivity index (χ2v) is 10.4. The van der Waals surface area contributed by atoms with Crippen LogP contribution < -0.4 is 0 Å². The maximum absolute atomic E-state index is 2.29. The molecule has 7 rings (SSSR count). The van der Waals surface area contributed by atoms with E-state index in [-0.39, 0.29) is 12.8 Å². The summed E-state index contributed by atoms with van der Waals surface area (Å²) in [5.41, 5.74) is 10.5. The Kier molecular flexibility index (Phi) is 24.6. The normalized spacial score (nSPS) is 10.4. The molecule has 0 atom stereocenters. The molecule has 0 nitrogen and oxygen atoms in total. The van der Waals surface area contributed by atoms with E-state index in [1.807, 2.05) is 55.4 Å². The minimum absolute atomic E-state index is 0. The number of rotatable bonds is 4. The van der Waals surface area contributed by atoms with Crippen LogP contribution in [-0.2, 0) is 11.8 Å². The zero-order chi connectivity index (χ0) is 36.3. The predicted molar refractivity (Wildman–Crippen MR) is 228 cm³/mol. The van der Waals surface area contributed by atoms with Gasteiger partial charge in [0.1, 0.15) is 0 Å². The van der Waals surface area contributed by atoms with E-state index in [2.05, 4.69) is 184 Å². The molecule has 0 bridgehead atoms. The highest BCUT2D eigenvalue weighted by Crippen LogP contribution is 2.55. The molecule has 266 valence electrons. The lowest BCUT2D eigenvalue weighted by Gasteiger charge is -2.33. The summed E-state index contributed by atoms with van der Waals surface area (Å²) >= 11 is 0. The summed E-state index contributed by atoms with van der Waals surface area (Å²) < 4.78 is 0. The van der Waals surface area contributed by atoms with E-state index in [9.17, 15) is 0 Å². The van der Waals surface area contributed by atoms with Crippen LogP contribution in [-0.4, -0.2) is 0 Å². The van der Waals surface area contributed by atoms with Crippen LogP contribution in [0.1, 0.15) is 116 Å². The van der Waals surface area contributed by atoms with Crippen LogP contribution in [0, 0.1) is 0 Å². The Bertz CT molecular complexity index is 1490. The highest BCUT2D eigenvalue weighted by molar-refractivity contribution is 5.86. The van der Waals surface area contributed by atoms with Crippen molar-refractivity contribution in [2.45, 2.75) is 94.9 Å². The van der Waals surface area contributed by atoms with Crippen LogP contribution >= 0.6 is 0 Å². The fourth-order valence-corrected chi connectivity index (χ4v) is 5.83. The zero-order valence-corrected chi connectivity index (χ0v) is 32.1. The van der Waals surface area contributed by atoms with Crippen LogP contribution in [0.5, 0.6) is 0 Å². The molecular weight excluding hydrogens is 601 g/mol. The fourth-order valence-electron chi connectivity index (χ4n) is 5.83. The Morgan fingerprint density at radius 1 is 0.340 bits per heavy atom. The van der Waals surface area contributed by atoms with E-state index in [1.165, 1.54) is 50.9 Å². The minimum Gasteiger partial charge on any atom is -0.0776 e. The number of hydrogen-bond acceptors (Lipinski definition) is 0. The first-order valence-corrected chi connectivity index (χ1v) is 18.7. The van der Waals surface area contributed by atoms with Gasteiger partial charge in [-0.05, 0) is 50.9 Å². The molecule has 0 radical (unpaired) electrons. The van der Waals surface area contributed by atoms with Crippen molar-refractivity contribution in [3.63, 3.8) is 0 Å². The van der Waals surface area contributed by atoms with Crippen molar-refractivity contribution in [2.75, 3.05) is 0 Å². The molecule has 0 N–H and O–H groups in total. The molecule has 0 fully saturated rings. The van der Waals surface area contributed by atoms with E-state index >= 15 is 0 Å². The van der Waals surface area contributed by atoms with Crippen molar-refractivity contribution < 1.29 is 0 Å². The smallest absolute Gasteiger partial charge is 0.0713 e. The Morgan fingerprint density at radius 3 is 0.880 bits per heavy atom. The summed E-state index contributed by atoms with van der Waals surface area (Å²) in [6, 6.07) is 60.5. The third-order valence-corrected chi connectivity index (χ3v) is 7.46. The van der Waals surface area contributed by atoms with Gasteiger partial charge in [0.05, 0.1) is 5.41 Å². The molecule has 0 unspecified atom stereocenters. The third kappa shape index (κ3) is 11.7. The van der Waals surface area contributed by atoms with Gasteiger partial charge in [-0.15, -0.1) is 0 Å². The molecule has 0 saturated heterocycles. The topological polar surface area (TPSA) is 0 Å². The largest absolute Gasteiger partial charge is 0.0776 e. The fraction of sp³-hybridized carbons (Fsp3) is 0.280. The highest BCUT2D eigenvalue weighted by Gasteiger charge is 2.45. The summed E-state index contributed by atoms with van der Waals surface area (Å²) in [6.45, 7) is 20.2. The summed E-state index contributed by atoms with van der Waals surface area (Å²) in [7, 11) is 0. The van der Waals surface area contributed by atoms with Gasteiger partial charge >= 0.3 is 0 Å². The SMILES string of the molecule is C.CC.CC.CC.CC.CCC.c1ccc(C2(c3ccccc3)c3ccccc3-c3ccccc32)cc1.c1ccc(Cc2ccccc2)cc1. The summed E-state index contributed by atoms with van der Waals surface area (Å²) in [4.78, 5) is 0. The number of fused-ring (bicyclic) bond motifs is 3. The average molecular weight is 667 g/mol. The van der Waals surface area contributed by atoms with E-state index in [0.717, 1.165) is 6.42 Å². The molecule has 0 amide bonds. The highest BCUT2D eigenvalue weighted by atomic mass is 14.5. The molecule has 50 heavy (non-hydrogen) atoms. The van der Waals surface area contributed by atoms with Crippen LogP contribution in [0.3, 0.4) is 0 Å². The van der Waals surface area contributed by atoms with E-state index in [1.54, 1.807) is 0 Å². The van der Waals surface area contributed by atoms with Crippen molar-refractivity contribution in [3.05, 3.63) is 203 Å². The predicted octanol–water partition coefficient (Wildman–Crippen LogP) is 15.5. The summed E-state index contributed by atoms with van der Waals surface area (Å²) in [5, 5.41) is 0. The van der Waals surface area contributed by atoms with Crippen LogP contribution in [0.25, 0.3) is 11.1 Å². The second kappa shape index (κ2) is 27.2.